The van der Waals surface area contributed by atoms with E-state index in [1.54, 1.807) is 0 Å². The minimum atomic E-state index is -0.444. The second-order valence-corrected chi connectivity index (χ2v) is 2.55. The van der Waals surface area contributed by atoms with Crippen molar-refractivity contribution in [3.05, 3.63) is 0 Å². The van der Waals surface area contributed by atoms with Crippen LogP contribution in [0.4, 0.5) is 0 Å². The van der Waals surface area contributed by atoms with Crippen LogP contribution in [-0.2, 0) is 9.47 Å². The molecule has 0 aromatic heterocycles. The summed E-state index contributed by atoms with van der Waals surface area (Å²) in [4.78, 5) is 0. The number of hydrogen-bond acceptors (Lipinski definition) is 3. The van der Waals surface area contributed by atoms with Gasteiger partial charge >= 0.3 is 0 Å². The fourth-order valence-corrected chi connectivity index (χ4v) is 0.996. The normalized spacial score (nSPS) is 36.7. The summed E-state index contributed by atoms with van der Waals surface area (Å²) in [7, 11) is 0. The summed E-state index contributed by atoms with van der Waals surface area (Å²) >= 11 is 3.20. The Morgan fingerprint density at radius 2 is 2.00 bits per heavy atom. The third-order valence-corrected chi connectivity index (χ3v) is 1.60. The maximum absolute atomic E-state index is 8.86. The van der Waals surface area contributed by atoms with Gasteiger partial charge in [-0.2, -0.15) is 0 Å². The van der Waals surface area contributed by atoms with Gasteiger partial charge in [-0.3, -0.25) is 0 Å². The molecule has 0 aromatic carbocycles. The fraction of sp³-hybridized carbons (Fsp3) is 1.00. The van der Waals surface area contributed by atoms with Gasteiger partial charge in [-0.05, 0) is 0 Å². The molecule has 1 saturated heterocycles. The van der Waals surface area contributed by atoms with Gasteiger partial charge in [-0.25, -0.2) is 0 Å². The van der Waals surface area contributed by atoms with E-state index in [1.807, 2.05) is 0 Å². The number of ether oxygens (including phenoxy) is 2. The van der Waals surface area contributed by atoms with Crippen LogP contribution in [0.3, 0.4) is 0 Å². The molecule has 0 amide bonds. The van der Waals surface area contributed by atoms with Gasteiger partial charge in [0.2, 0.25) is 0 Å². The molecule has 0 atom stereocenters. The molecule has 3 nitrogen and oxygen atoms in total. The van der Waals surface area contributed by atoms with E-state index in [0.717, 1.165) is 0 Å². The highest BCUT2D eigenvalue weighted by molar-refractivity contribution is 9.09. The van der Waals surface area contributed by atoms with Crippen molar-refractivity contribution < 1.29 is 14.6 Å². The Hall–Kier alpha value is 0.360. The van der Waals surface area contributed by atoms with Crippen LogP contribution < -0.4 is 0 Å². The van der Waals surface area contributed by atoms with Crippen LogP contribution in [-0.4, -0.2) is 36.0 Å². The third kappa shape index (κ3) is 2.21. The summed E-state index contributed by atoms with van der Waals surface area (Å²) in [5.41, 5.74) is 0. The van der Waals surface area contributed by atoms with Gasteiger partial charge in [0.1, 0.15) is 6.10 Å². The SMILES string of the molecule is OC1COC(CBr)OC1. The van der Waals surface area contributed by atoms with Gasteiger partial charge in [0.15, 0.2) is 6.29 Å². The lowest BCUT2D eigenvalue weighted by Gasteiger charge is -2.24. The van der Waals surface area contributed by atoms with E-state index in [9.17, 15) is 0 Å². The molecule has 1 aliphatic heterocycles. The van der Waals surface area contributed by atoms with E-state index in [4.69, 9.17) is 14.6 Å². The average molecular weight is 197 g/mol. The molecule has 1 rings (SSSR count). The monoisotopic (exact) mass is 196 g/mol. The van der Waals surface area contributed by atoms with Crippen molar-refractivity contribution in [2.75, 3.05) is 18.5 Å². The number of aliphatic hydroxyl groups is 1. The van der Waals surface area contributed by atoms with Crippen molar-refractivity contribution in [3.63, 3.8) is 0 Å². The highest BCUT2D eigenvalue weighted by atomic mass is 79.9. The van der Waals surface area contributed by atoms with E-state index in [1.165, 1.54) is 0 Å². The Morgan fingerprint density at radius 3 is 2.44 bits per heavy atom. The summed E-state index contributed by atoms with van der Waals surface area (Å²) in [6.07, 6.45) is -0.617. The largest absolute Gasteiger partial charge is 0.388 e. The predicted octanol–water partition coefficient (Wildman–Crippen LogP) is 0.115. The highest BCUT2D eigenvalue weighted by Gasteiger charge is 2.18. The maximum Gasteiger partial charge on any atom is 0.167 e. The van der Waals surface area contributed by atoms with Gasteiger partial charge in [0.25, 0.3) is 0 Å². The Bertz CT molecular complexity index is 80.3. The molecule has 0 radical (unpaired) electrons. The fourth-order valence-electron chi connectivity index (χ4n) is 0.622. The molecule has 0 saturated carbocycles. The summed E-state index contributed by atoms with van der Waals surface area (Å²) in [5, 5.41) is 9.52. The summed E-state index contributed by atoms with van der Waals surface area (Å²) in [6, 6.07) is 0. The number of hydrogen-bond donors (Lipinski definition) is 1. The number of rotatable bonds is 1. The predicted molar refractivity (Wildman–Crippen MR) is 35.5 cm³/mol. The molecule has 54 valence electrons. The van der Waals surface area contributed by atoms with Crippen LogP contribution in [0, 0.1) is 0 Å². The van der Waals surface area contributed by atoms with Gasteiger partial charge in [-0.1, -0.05) is 15.9 Å². The van der Waals surface area contributed by atoms with E-state index in [2.05, 4.69) is 15.9 Å². The van der Waals surface area contributed by atoms with Crippen LogP contribution in [0.25, 0.3) is 0 Å². The maximum atomic E-state index is 8.86. The molecule has 1 N–H and O–H groups in total. The summed E-state index contributed by atoms with van der Waals surface area (Å²) < 4.78 is 10.0. The Labute approximate surface area is 62.1 Å². The molecule has 0 aliphatic carbocycles. The molecule has 0 aromatic rings. The Kier molecular flexibility index (Phi) is 2.91. The molecule has 1 heterocycles. The van der Waals surface area contributed by atoms with Crippen molar-refractivity contribution in [1.29, 1.82) is 0 Å². The summed E-state index contributed by atoms with van der Waals surface area (Å²) in [6.45, 7) is 0.770. The van der Waals surface area contributed by atoms with E-state index < -0.39 is 6.10 Å². The quantitative estimate of drug-likeness (QED) is 0.606. The van der Waals surface area contributed by atoms with Gasteiger partial charge in [0, 0.05) is 0 Å². The first-order valence-electron chi connectivity index (χ1n) is 2.80. The van der Waals surface area contributed by atoms with Crippen LogP contribution in [0.1, 0.15) is 0 Å². The molecule has 4 heteroatoms. The Morgan fingerprint density at radius 1 is 1.44 bits per heavy atom. The zero-order chi connectivity index (χ0) is 6.69. The van der Waals surface area contributed by atoms with E-state index >= 15 is 0 Å². The van der Waals surface area contributed by atoms with E-state index in [0.29, 0.717) is 18.5 Å². The molecule has 1 aliphatic rings. The lowest BCUT2D eigenvalue weighted by Crippen LogP contribution is -2.36. The topological polar surface area (TPSA) is 38.7 Å². The van der Waals surface area contributed by atoms with Gasteiger partial charge < -0.3 is 14.6 Å². The smallest absolute Gasteiger partial charge is 0.167 e. The standard InChI is InChI=1S/C5H9BrO3/c6-1-5-8-2-4(7)3-9-5/h4-5,7H,1-3H2. The van der Waals surface area contributed by atoms with Crippen molar-refractivity contribution in [1.82, 2.24) is 0 Å². The summed E-state index contributed by atoms with van der Waals surface area (Å²) in [5.74, 6) is 0. The Balaban J connectivity index is 2.18. The molecule has 0 bridgehead atoms. The van der Waals surface area contributed by atoms with Gasteiger partial charge in [0.05, 0.1) is 18.5 Å². The number of aliphatic hydroxyl groups excluding tert-OH is 1. The molecular formula is C5H9BrO3. The molecule has 9 heavy (non-hydrogen) atoms. The van der Waals surface area contributed by atoms with Crippen molar-refractivity contribution in [2.45, 2.75) is 12.4 Å². The zero-order valence-electron chi connectivity index (χ0n) is 4.92. The van der Waals surface area contributed by atoms with Crippen molar-refractivity contribution >= 4 is 15.9 Å². The first-order chi connectivity index (χ1) is 4.33. The van der Waals surface area contributed by atoms with E-state index in [-0.39, 0.29) is 6.29 Å². The second-order valence-electron chi connectivity index (χ2n) is 1.90. The van der Waals surface area contributed by atoms with Crippen LogP contribution >= 0.6 is 15.9 Å². The third-order valence-electron chi connectivity index (χ3n) is 1.07. The molecule has 0 spiro atoms. The van der Waals surface area contributed by atoms with Gasteiger partial charge in [-0.15, -0.1) is 0 Å². The number of halogens is 1. The molecule has 1 fully saturated rings. The van der Waals surface area contributed by atoms with Crippen LogP contribution in [0.5, 0.6) is 0 Å². The number of alkyl halides is 1. The van der Waals surface area contributed by atoms with Crippen molar-refractivity contribution in [2.24, 2.45) is 0 Å². The van der Waals surface area contributed by atoms with Crippen LogP contribution in [0.15, 0.2) is 0 Å². The first-order valence-corrected chi connectivity index (χ1v) is 3.92. The molecular weight excluding hydrogens is 188 g/mol. The lowest BCUT2D eigenvalue weighted by atomic mass is 10.4. The second kappa shape index (κ2) is 3.51. The molecule has 0 unspecified atom stereocenters. The highest BCUT2D eigenvalue weighted by Crippen LogP contribution is 2.06. The lowest BCUT2D eigenvalue weighted by molar-refractivity contribution is -0.204. The minimum absolute atomic E-state index is 0.173. The zero-order valence-corrected chi connectivity index (χ0v) is 6.50. The minimum Gasteiger partial charge on any atom is -0.388 e. The van der Waals surface area contributed by atoms with Crippen molar-refractivity contribution in [3.8, 4) is 0 Å². The average Bonchev–Trinajstić information content (AvgIpc) is 1.90. The van der Waals surface area contributed by atoms with Crippen LogP contribution in [0.2, 0.25) is 0 Å². The first kappa shape index (κ1) is 7.47.